The maximum Gasteiger partial charge on any atom is 0.410 e. The van der Waals surface area contributed by atoms with Crippen molar-refractivity contribution in [3.05, 3.63) is 0 Å². The number of carbonyl (C=O) groups excluding carboxylic acids is 1. The van der Waals surface area contributed by atoms with E-state index in [9.17, 15) is 4.79 Å². The molecule has 1 amide bonds. The number of nitrogens with zero attached hydrogens (tertiary/aromatic N) is 1. The summed E-state index contributed by atoms with van der Waals surface area (Å²) in [6.07, 6.45) is 7.49. The van der Waals surface area contributed by atoms with E-state index in [1.807, 2.05) is 25.7 Å². The zero-order valence-corrected chi connectivity index (χ0v) is 14.2. The molecule has 1 heterocycles. The molecule has 0 spiro atoms. The molecule has 2 fully saturated rings. The summed E-state index contributed by atoms with van der Waals surface area (Å²) in [5.41, 5.74) is -0.408. The highest BCUT2D eigenvalue weighted by Crippen LogP contribution is 2.28. The monoisotopic (exact) mass is 296 g/mol. The molecule has 2 atom stereocenters. The molecule has 2 rings (SSSR count). The van der Waals surface area contributed by atoms with Crippen molar-refractivity contribution in [3.8, 4) is 0 Å². The number of hydrogen-bond donors (Lipinski definition) is 1. The second-order valence-corrected chi connectivity index (χ2v) is 7.71. The minimum absolute atomic E-state index is 0.152. The highest BCUT2D eigenvalue weighted by Gasteiger charge is 2.32. The first-order chi connectivity index (χ1) is 9.87. The molecule has 0 aromatic rings. The first kappa shape index (κ1) is 16.6. The molecular formula is C17H32N2O2. The average molecular weight is 296 g/mol. The van der Waals surface area contributed by atoms with E-state index in [0.29, 0.717) is 12.1 Å². The average Bonchev–Trinajstić information content (AvgIpc) is 3.04. The number of amides is 1. The Hall–Kier alpha value is -0.770. The number of hydrogen-bond acceptors (Lipinski definition) is 3. The molecule has 1 saturated heterocycles. The molecule has 4 nitrogen and oxygen atoms in total. The topological polar surface area (TPSA) is 41.6 Å². The van der Waals surface area contributed by atoms with Crippen LogP contribution < -0.4 is 5.32 Å². The maximum absolute atomic E-state index is 12.2. The molecule has 1 unspecified atom stereocenters. The predicted octanol–water partition coefficient (Wildman–Crippen LogP) is 3.55. The molecule has 0 aromatic heterocycles. The van der Waals surface area contributed by atoms with Crippen LogP contribution in [0, 0.1) is 5.92 Å². The van der Waals surface area contributed by atoms with Crippen molar-refractivity contribution in [2.45, 2.75) is 83.9 Å². The second-order valence-electron chi connectivity index (χ2n) is 7.71. The van der Waals surface area contributed by atoms with Crippen molar-refractivity contribution in [1.82, 2.24) is 10.2 Å². The predicted molar refractivity (Wildman–Crippen MR) is 85.4 cm³/mol. The van der Waals surface area contributed by atoms with Gasteiger partial charge in [0.2, 0.25) is 0 Å². The molecule has 0 radical (unpaired) electrons. The lowest BCUT2D eigenvalue weighted by Crippen LogP contribution is -2.46. The van der Waals surface area contributed by atoms with Crippen LogP contribution in [-0.2, 0) is 4.74 Å². The summed E-state index contributed by atoms with van der Waals surface area (Å²) in [5, 5.41) is 3.66. The minimum atomic E-state index is -0.408. The standard InChI is InChI=1S/C17H32N2O2/c1-13(14-8-5-6-9-14)18-12-15-10-7-11-19(15)16(20)21-17(2,3)4/h13-15,18H,5-12H2,1-4H3/t13-,15?/m1/s1. The quantitative estimate of drug-likeness (QED) is 0.862. The van der Waals surface area contributed by atoms with E-state index in [0.717, 1.165) is 31.8 Å². The molecule has 1 N–H and O–H groups in total. The highest BCUT2D eigenvalue weighted by molar-refractivity contribution is 5.69. The van der Waals surface area contributed by atoms with Gasteiger partial charge in [0.1, 0.15) is 5.60 Å². The SMILES string of the molecule is C[C@@H](NCC1CCCN1C(=O)OC(C)(C)C)C1CCCC1. The van der Waals surface area contributed by atoms with Crippen LogP contribution in [0.4, 0.5) is 4.79 Å². The van der Waals surface area contributed by atoms with Crippen molar-refractivity contribution in [3.63, 3.8) is 0 Å². The molecule has 0 bridgehead atoms. The largest absolute Gasteiger partial charge is 0.444 e. The lowest BCUT2D eigenvalue weighted by molar-refractivity contribution is 0.0224. The molecule has 0 aromatic carbocycles. The van der Waals surface area contributed by atoms with Crippen LogP contribution in [0.2, 0.25) is 0 Å². The fourth-order valence-electron chi connectivity index (χ4n) is 3.55. The third-order valence-electron chi connectivity index (χ3n) is 4.79. The lowest BCUT2D eigenvalue weighted by atomic mass is 9.99. The zero-order chi connectivity index (χ0) is 15.5. The van der Waals surface area contributed by atoms with E-state index >= 15 is 0 Å². The van der Waals surface area contributed by atoms with Gasteiger partial charge in [-0.05, 0) is 59.3 Å². The van der Waals surface area contributed by atoms with Crippen molar-refractivity contribution < 1.29 is 9.53 Å². The van der Waals surface area contributed by atoms with E-state index < -0.39 is 5.60 Å². The van der Waals surface area contributed by atoms with Gasteiger partial charge in [-0.2, -0.15) is 0 Å². The zero-order valence-electron chi connectivity index (χ0n) is 14.2. The van der Waals surface area contributed by atoms with Gasteiger partial charge in [-0.15, -0.1) is 0 Å². The third-order valence-corrected chi connectivity index (χ3v) is 4.79. The Labute approximate surface area is 129 Å². The van der Waals surface area contributed by atoms with Crippen LogP contribution in [0.5, 0.6) is 0 Å². The molecular weight excluding hydrogens is 264 g/mol. The maximum atomic E-state index is 12.2. The number of ether oxygens (including phenoxy) is 1. The Kier molecular flexibility index (Phi) is 5.53. The number of rotatable bonds is 4. The summed E-state index contributed by atoms with van der Waals surface area (Å²) in [5.74, 6) is 0.821. The first-order valence-corrected chi connectivity index (χ1v) is 8.60. The molecule has 122 valence electrons. The molecule has 1 saturated carbocycles. The van der Waals surface area contributed by atoms with E-state index in [2.05, 4.69) is 12.2 Å². The van der Waals surface area contributed by atoms with Crippen LogP contribution in [0.15, 0.2) is 0 Å². The van der Waals surface area contributed by atoms with Crippen molar-refractivity contribution in [2.24, 2.45) is 5.92 Å². The fourth-order valence-corrected chi connectivity index (χ4v) is 3.55. The summed E-state index contributed by atoms with van der Waals surface area (Å²) >= 11 is 0. The van der Waals surface area contributed by atoms with Crippen molar-refractivity contribution >= 4 is 6.09 Å². The van der Waals surface area contributed by atoms with Crippen molar-refractivity contribution in [2.75, 3.05) is 13.1 Å². The lowest BCUT2D eigenvalue weighted by Gasteiger charge is -2.30. The Bertz CT molecular complexity index is 345. The second kappa shape index (κ2) is 6.99. The molecule has 4 heteroatoms. The Balaban J connectivity index is 1.80. The number of likely N-dealkylation sites (tertiary alicyclic amines) is 1. The minimum Gasteiger partial charge on any atom is -0.444 e. The summed E-state index contributed by atoms with van der Waals surface area (Å²) < 4.78 is 5.52. The van der Waals surface area contributed by atoms with Gasteiger partial charge in [0.05, 0.1) is 0 Å². The summed E-state index contributed by atoms with van der Waals surface area (Å²) in [6, 6.07) is 0.859. The van der Waals surface area contributed by atoms with Crippen LogP contribution in [0.3, 0.4) is 0 Å². The van der Waals surface area contributed by atoms with Crippen molar-refractivity contribution in [1.29, 1.82) is 0 Å². The molecule has 1 aliphatic carbocycles. The van der Waals surface area contributed by atoms with E-state index in [1.165, 1.54) is 25.7 Å². The van der Waals surface area contributed by atoms with E-state index in [-0.39, 0.29) is 6.09 Å². The number of carbonyl (C=O) groups is 1. The van der Waals surface area contributed by atoms with Gasteiger partial charge in [0.15, 0.2) is 0 Å². The molecule has 2 aliphatic rings. The number of nitrogens with one attached hydrogen (secondary N) is 1. The van der Waals surface area contributed by atoms with Gasteiger partial charge < -0.3 is 15.0 Å². The van der Waals surface area contributed by atoms with Gasteiger partial charge in [0, 0.05) is 25.2 Å². The third kappa shape index (κ3) is 4.87. The van der Waals surface area contributed by atoms with E-state index in [1.54, 1.807) is 0 Å². The Morgan fingerprint density at radius 2 is 1.90 bits per heavy atom. The van der Waals surface area contributed by atoms with Gasteiger partial charge in [-0.3, -0.25) is 0 Å². The fraction of sp³-hybridized carbons (Fsp3) is 0.941. The van der Waals surface area contributed by atoms with Gasteiger partial charge in [-0.1, -0.05) is 12.8 Å². The summed E-state index contributed by atoms with van der Waals surface area (Å²) in [6.45, 7) is 9.81. The summed E-state index contributed by atoms with van der Waals surface area (Å²) in [4.78, 5) is 14.2. The Morgan fingerprint density at radius 3 is 2.52 bits per heavy atom. The van der Waals surface area contributed by atoms with Crippen LogP contribution in [0.1, 0.15) is 66.2 Å². The smallest absolute Gasteiger partial charge is 0.410 e. The van der Waals surface area contributed by atoms with Crippen LogP contribution >= 0.6 is 0 Å². The van der Waals surface area contributed by atoms with Crippen LogP contribution in [-0.4, -0.2) is 41.8 Å². The normalized spacial score (nSPS) is 25.3. The molecule has 1 aliphatic heterocycles. The highest BCUT2D eigenvalue weighted by atomic mass is 16.6. The first-order valence-electron chi connectivity index (χ1n) is 8.60. The van der Waals surface area contributed by atoms with E-state index in [4.69, 9.17) is 4.74 Å². The van der Waals surface area contributed by atoms with Gasteiger partial charge in [0.25, 0.3) is 0 Å². The molecule has 21 heavy (non-hydrogen) atoms. The van der Waals surface area contributed by atoms with Gasteiger partial charge >= 0.3 is 6.09 Å². The Morgan fingerprint density at radius 1 is 1.24 bits per heavy atom. The van der Waals surface area contributed by atoms with Gasteiger partial charge in [-0.25, -0.2) is 4.79 Å². The summed E-state index contributed by atoms with van der Waals surface area (Å²) in [7, 11) is 0. The van der Waals surface area contributed by atoms with Crippen LogP contribution in [0.25, 0.3) is 0 Å².